The van der Waals surface area contributed by atoms with Crippen molar-refractivity contribution in [2.24, 2.45) is 17.8 Å². The summed E-state index contributed by atoms with van der Waals surface area (Å²) in [6.07, 6.45) is 8.38. The molecule has 4 bridgehead atoms. The maximum absolute atomic E-state index is 6.54. The predicted octanol–water partition coefficient (Wildman–Crippen LogP) is 12.3. The van der Waals surface area contributed by atoms with E-state index in [2.05, 4.69) is 132 Å². The van der Waals surface area contributed by atoms with Gasteiger partial charge in [-0.25, -0.2) is 4.98 Å². The predicted molar refractivity (Wildman–Crippen MR) is 218 cm³/mol. The van der Waals surface area contributed by atoms with Crippen molar-refractivity contribution in [2.45, 2.75) is 43.9 Å². The van der Waals surface area contributed by atoms with Crippen LogP contribution in [0.4, 0.5) is 0 Å². The summed E-state index contributed by atoms with van der Waals surface area (Å²) in [6, 6.07) is 49.6. The highest BCUT2D eigenvalue weighted by atomic mass is 16.3. The third kappa shape index (κ3) is 4.60. The molecular formula is C49H38N4O. The Balaban J connectivity index is 1.06. The largest absolute Gasteiger partial charge is 0.455 e. The van der Waals surface area contributed by atoms with Crippen molar-refractivity contribution in [3.63, 3.8) is 0 Å². The molecule has 0 atom stereocenters. The van der Waals surface area contributed by atoms with Gasteiger partial charge in [-0.1, -0.05) is 109 Å². The molecule has 4 aliphatic rings. The number of aromatic nitrogens is 4. The lowest BCUT2D eigenvalue weighted by molar-refractivity contribution is -0.00518. The van der Waals surface area contributed by atoms with Gasteiger partial charge in [-0.3, -0.25) is 4.57 Å². The van der Waals surface area contributed by atoms with Crippen LogP contribution >= 0.6 is 0 Å². The van der Waals surface area contributed by atoms with Crippen molar-refractivity contribution < 1.29 is 4.42 Å². The molecule has 5 nitrogen and oxygen atoms in total. The van der Waals surface area contributed by atoms with Gasteiger partial charge in [-0.2, -0.15) is 9.97 Å². The van der Waals surface area contributed by atoms with Crippen LogP contribution < -0.4 is 0 Å². The summed E-state index contributed by atoms with van der Waals surface area (Å²) in [5, 5.41) is 4.46. The fraction of sp³-hybridized carbons (Fsp3) is 0.204. The first-order valence-corrected chi connectivity index (χ1v) is 19.5. The summed E-state index contributed by atoms with van der Waals surface area (Å²) in [5.41, 5.74) is 9.81. The number of furan rings is 1. The minimum atomic E-state index is 0.335. The maximum atomic E-state index is 6.54. The first-order valence-electron chi connectivity index (χ1n) is 19.5. The van der Waals surface area contributed by atoms with E-state index in [0.717, 1.165) is 72.6 Å². The molecule has 9 aromatic rings. The zero-order valence-electron chi connectivity index (χ0n) is 30.0. The van der Waals surface area contributed by atoms with Crippen molar-refractivity contribution in [2.75, 3.05) is 0 Å². The van der Waals surface area contributed by atoms with Gasteiger partial charge in [0.05, 0.1) is 16.6 Å². The van der Waals surface area contributed by atoms with Gasteiger partial charge in [-0.05, 0) is 109 Å². The fourth-order valence-electron chi connectivity index (χ4n) is 11.1. The van der Waals surface area contributed by atoms with Crippen LogP contribution in [0.1, 0.15) is 44.1 Å². The molecule has 4 saturated carbocycles. The molecule has 13 rings (SSSR count). The Hall–Kier alpha value is -6.07. The molecule has 54 heavy (non-hydrogen) atoms. The van der Waals surface area contributed by atoms with E-state index in [1.807, 2.05) is 12.1 Å². The normalized spacial score (nSPS) is 21.9. The molecule has 0 saturated heterocycles. The van der Waals surface area contributed by atoms with Gasteiger partial charge in [0, 0.05) is 27.1 Å². The number of fused-ring (bicyclic) bond motifs is 6. The standard InChI is InChI=1S/C49H38N4O/c1-2-9-33(10-3-1)35-19-22-43-41(26-35)37-11-4-6-15-42(37)53(43)48-51-46(34-17-20-36(21-18-34)49-27-30-23-31(28-49)25-32(24-30)29-49)50-47(52-48)40-14-8-13-39-38-12-5-7-16-44(38)54-45(39)40/h1-22,26,30-32H,23-25,27-29H2. The molecule has 4 fully saturated rings. The van der Waals surface area contributed by atoms with Gasteiger partial charge in [0.1, 0.15) is 11.2 Å². The summed E-state index contributed by atoms with van der Waals surface area (Å²) in [6.45, 7) is 0. The van der Waals surface area contributed by atoms with Gasteiger partial charge in [0.25, 0.3) is 0 Å². The summed E-state index contributed by atoms with van der Waals surface area (Å²) < 4.78 is 8.74. The summed E-state index contributed by atoms with van der Waals surface area (Å²) in [4.78, 5) is 15.8. The first kappa shape index (κ1) is 30.4. The van der Waals surface area contributed by atoms with Crippen molar-refractivity contribution in [3.8, 4) is 39.9 Å². The number of hydrogen-bond donors (Lipinski definition) is 0. The Labute approximate surface area is 313 Å². The van der Waals surface area contributed by atoms with Crippen molar-refractivity contribution >= 4 is 43.7 Å². The van der Waals surface area contributed by atoms with Crippen molar-refractivity contribution in [1.29, 1.82) is 0 Å². The Morgan fingerprint density at radius 1 is 0.500 bits per heavy atom. The molecule has 5 heteroatoms. The Morgan fingerprint density at radius 3 is 1.94 bits per heavy atom. The Bertz CT molecular complexity index is 2880. The van der Waals surface area contributed by atoms with E-state index in [-0.39, 0.29) is 0 Å². The van der Waals surface area contributed by atoms with Crippen LogP contribution in [0.5, 0.6) is 0 Å². The lowest BCUT2D eigenvalue weighted by Gasteiger charge is -2.57. The summed E-state index contributed by atoms with van der Waals surface area (Å²) >= 11 is 0. The van der Waals surface area contributed by atoms with Crippen molar-refractivity contribution in [1.82, 2.24) is 19.5 Å². The van der Waals surface area contributed by atoms with E-state index in [1.165, 1.54) is 55.2 Å². The second-order valence-electron chi connectivity index (χ2n) is 16.3. The molecule has 0 aliphatic heterocycles. The first-order chi connectivity index (χ1) is 26.7. The molecule has 3 aromatic heterocycles. The average molecular weight is 699 g/mol. The van der Waals surface area contributed by atoms with E-state index >= 15 is 0 Å². The summed E-state index contributed by atoms with van der Waals surface area (Å²) in [7, 11) is 0. The fourth-order valence-corrected chi connectivity index (χ4v) is 11.1. The number of hydrogen-bond acceptors (Lipinski definition) is 4. The second-order valence-corrected chi connectivity index (χ2v) is 16.3. The Kier molecular flexibility index (Phi) is 6.45. The molecule has 3 heterocycles. The van der Waals surface area contributed by atoms with Crippen LogP contribution in [0.15, 0.2) is 144 Å². The van der Waals surface area contributed by atoms with E-state index < -0.39 is 0 Å². The highest BCUT2D eigenvalue weighted by Crippen LogP contribution is 2.60. The lowest BCUT2D eigenvalue weighted by atomic mass is 9.48. The number of rotatable bonds is 5. The molecule has 0 unspecified atom stereocenters. The molecule has 4 aliphatic carbocycles. The quantitative estimate of drug-likeness (QED) is 0.180. The van der Waals surface area contributed by atoms with Crippen LogP contribution in [0.3, 0.4) is 0 Å². The van der Waals surface area contributed by atoms with Crippen LogP contribution in [0, 0.1) is 17.8 Å². The highest BCUT2D eigenvalue weighted by Gasteiger charge is 2.51. The Morgan fingerprint density at radius 2 is 1.15 bits per heavy atom. The molecule has 6 aromatic carbocycles. The van der Waals surface area contributed by atoms with E-state index in [1.54, 1.807) is 0 Å². The van der Waals surface area contributed by atoms with Crippen LogP contribution in [-0.4, -0.2) is 19.5 Å². The van der Waals surface area contributed by atoms with Gasteiger partial charge in [0.15, 0.2) is 11.6 Å². The maximum Gasteiger partial charge on any atom is 0.238 e. The molecule has 0 radical (unpaired) electrons. The molecule has 0 spiro atoms. The number of para-hydroxylation sites is 3. The minimum absolute atomic E-state index is 0.335. The zero-order chi connectivity index (χ0) is 35.4. The summed E-state index contributed by atoms with van der Waals surface area (Å²) in [5.74, 6) is 4.55. The molecule has 0 amide bonds. The van der Waals surface area contributed by atoms with Crippen molar-refractivity contribution in [3.05, 3.63) is 145 Å². The smallest absolute Gasteiger partial charge is 0.238 e. The minimum Gasteiger partial charge on any atom is -0.455 e. The third-order valence-electron chi connectivity index (χ3n) is 13.0. The van der Waals surface area contributed by atoms with Gasteiger partial charge < -0.3 is 4.42 Å². The monoisotopic (exact) mass is 698 g/mol. The van der Waals surface area contributed by atoms with E-state index in [9.17, 15) is 0 Å². The third-order valence-corrected chi connectivity index (χ3v) is 13.0. The lowest BCUT2D eigenvalue weighted by Crippen LogP contribution is -2.48. The molecular weight excluding hydrogens is 661 g/mol. The van der Waals surface area contributed by atoms with E-state index in [0.29, 0.717) is 23.0 Å². The van der Waals surface area contributed by atoms with E-state index in [4.69, 9.17) is 19.4 Å². The highest BCUT2D eigenvalue weighted by molar-refractivity contribution is 6.11. The number of benzene rings is 6. The van der Waals surface area contributed by atoms with Gasteiger partial charge in [-0.15, -0.1) is 0 Å². The molecule has 260 valence electrons. The molecule has 0 N–H and O–H groups in total. The topological polar surface area (TPSA) is 56.7 Å². The van der Waals surface area contributed by atoms with Crippen LogP contribution in [0.25, 0.3) is 83.6 Å². The van der Waals surface area contributed by atoms with Gasteiger partial charge >= 0.3 is 0 Å². The van der Waals surface area contributed by atoms with Gasteiger partial charge in [0.2, 0.25) is 5.95 Å². The van der Waals surface area contributed by atoms with Crippen LogP contribution in [0.2, 0.25) is 0 Å². The van der Waals surface area contributed by atoms with Crippen LogP contribution in [-0.2, 0) is 5.41 Å². The second kappa shape index (κ2) is 11.5. The zero-order valence-corrected chi connectivity index (χ0v) is 30.0. The number of nitrogens with zero attached hydrogens (tertiary/aromatic N) is 4. The average Bonchev–Trinajstić information content (AvgIpc) is 3.76. The SMILES string of the molecule is c1ccc(-c2ccc3c(c2)c2ccccc2n3-c2nc(-c3ccc(C45CC6CC(CC(C6)C4)C5)cc3)nc(-c3cccc4c3oc3ccccc34)n2)cc1.